The Hall–Kier alpha value is -2.36. The predicted molar refractivity (Wildman–Crippen MR) is 98.7 cm³/mol. The Morgan fingerprint density at radius 2 is 1.75 bits per heavy atom. The minimum atomic E-state index is 0.979. The van der Waals surface area contributed by atoms with Gasteiger partial charge < -0.3 is 4.90 Å². The maximum absolute atomic E-state index is 4.95. The number of hydrogen-bond donors (Lipinski definition) is 0. The number of nitrogens with zero attached hydrogens (tertiary/aromatic N) is 4. The summed E-state index contributed by atoms with van der Waals surface area (Å²) < 4.78 is 2.05. The molecule has 0 bridgehead atoms. The van der Waals surface area contributed by atoms with Crippen LogP contribution in [0.25, 0.3) is 16.9 Å². The minimum absolute atomic E-state index is 0.979. The van der Waals surface area contributed by atoms with Crippen LogP contribution < -0.4 is 4.90 Å². The van der Waals surface area contributed by atoms with E-state index in [0.29, 0.717) is 0 Å². The standard InChI is InChI=1S/C20H24N4/c1-14-8-7-9-17(12-14)19-16(3)20-21-15(2)13-18(24(20)22-19)23-10-5-4-6-11-23/h7-9,12-13H,4-6,10-11H2,1-3H3. The zero-order valence-corrected chi connectivity index (χ0v) is 14.7. The van der Waals surface area contributed by atoms with Crippen LogP contribution in [0.4, 0.5) is 5.82 Å². The van der Waals surface area contributed by atoms with Crippen LogP contribution >= 0.6 is 0 Å². The molecule has 24 heavy (non-hydrogen) atoms. The van der Waals surface area contributed by atoms with Gasteiger partial charge in [0.2, 0.25) is 0 Å². The molecule has 1 aromatic carbocycles. The van der Waals surface area contributed by atoms with Crippen molar-refractivity contribution in [3.63, 3.8) is 0 Å². The highest BCUT2D eigenvalue weighted by Crippen LogP contribution is 2.29. The number of fused-ring (bicyclic) bond motifs is 1. The zero-order chi connectivity index (χ0) is 16.7. The number of hydrogen-bond acceptors (Lipinski definition) is 3. The van der Waals surface area contributed by atoms with Gasteiger partial charge in [0.05, 0.1) is 5.69 Å². The first-order valence-corrected chi connectivity index (χ1v) is 8.82. The summed E-state index contributed by atoms with van der Waals surface area (Å²) in [5, 5.41) is 4.95. The first-order valence-electron chi connectivity index (χ1n) is 8.82. The lowest BCUT2D eigenvalue weighted by Crippen LogP contribution is -2.31. The molecule has 3 heterocycles. The summed E-state index contributed by atoms with van der Waals surface area (Å²) in [5.41, 5.74) is 6.65. The molecule has 0 atom stereocenters. The van der Waals surface area contributed by atoms with Crippen molar-refractivity contribution in [3.8, 4) is 11.3 Å². The molecule has 4 nitrogen and oxygen atoms in total. The summed E-state index contributed by atoms with van der Waals surface area (Å²) in [6, 6.07) is 10.7. The van der Waals surface area contributed by atoms with Gasteiger partial charge in [0.25, 0.3) is 0 Å². The Balaban J connectivity index is 1.91. The zero-order valence-electron chi connectivity index (χ0n) is 14.7. The topological polar surface area (TPSA) is 33.4 Å². The fraction of sp³-hybridized carbons (Fsp3) is 0.400. The number of aryl methyl sites for hydroxylation is 3. The van der Waals surface area contributed by atoms with Crippen LogP contribution in [0.3, 0.4) is 0 Å². The largest absolute Gasteiger partial charge is 0.356 e. The van der Waals surface area contributed by atoms with E-state index < -0.39 is 0 Å². The molecule has 1 saturated heterocycles. The van der Waals surface area contributed by atoms with Crippen LogP contribution in [0, 0.1) is 20.8 Å². The van der Waals surface area contributed by atoms with E-state index in [9.17, 15) is 0 Å². The van der Waals surface area contributed by atoms with Gasteiger partial charge in [0.15, 0.2) is 5.65 Å². The normalized spacial score (nSPS) is 15.2. The minimum Gasteiger partial charge on any atom is -0.356 e. The van der Waals surface area contributed by atoms with E-state index in [1.54, 1.807) is 0 Å². The Labute approximate surface area is 143 Å². The Morgan fingerprint density at radius 1 is 0.958 bits per heavy atom. The lowest BCUT2D eigenvalue weighted by Gasteiger charge is -2.29. The van der Waals surface area contributed by atoms with Crippen LogP contribution in [0.1, 0.15) is 36.1 Å². The van der Waals surface area contributed by atoms with Gasteiger partial charge in [0, 0.05) is 36.0 Å². The predicted octanol–water partition coefficient (Wildman–Crippen LogP) is 4.31. The third-order valence-corrected chi connectivity index (χ3v) is 4.90. The van der Waals surface area contributed by atoms with Crippen molar-refractivity contribution >= 4 is 11.5 Å². The number of rotatable bonds is 2. The Bertz CT molecular complexity index is 888. The second-order valence-electron chi connectivity index (χ2n) is 6.88. The molecule has 4 rings (SSSR count). The van der Waals surface area contributed by atoms with Crippen molar-refractivity contribution in [2.24, 2.45) is 0 Å². The number of benzene rings is 1. The van der Waals surface area contributed by atoms with E-state index >= 15 is 0 Å². The SMILES string of the molecule is Cc1cccc(-c2nn3c(N4CCCCC4)cc(C)nc3c2C)c1. The van der Waals surface area contributed by atoms with Crippen molar-refractivity contribution in [2.45, 2.75) is 40.0 Å². The van der Waals surface area contributed by atoms with Crippen molar-refractivity contribution in [3.05, 3.63) is 47.2 Å². The average molecular weight is 320 g/mol. The van der Waals surface area contributed by atoms with Crippen molar-refractivity contribution in [1.82, 2.24) is 14.6 Å². The lowest BCUT2D eigenvalue weighted by molar-refractivity contribution is 0.568. The lowest BCUT2D eigenvalue weighted by atomic mass is 10.1. The Morgan fingerprint density at radius 3 is 2.50 bits per heavy atom. The van der Waals surface area contributed by atoms with Gasteiger partial charge in [-0.1, -0.05) is 23.8 Å². The van der Waals surface area contributed by atoms with Crippen molar-refractivity contribution < 1.29 is 0 Å². The fourth-order valence-corrected chi connectivity index (χ4v) is 3.64. The molecule has 4 heteroatoms. The van der Waals surface area contributed by atoms with Gasteiger partial charge in [-0.05, 0) is 46.1 Å². The van der Waals surface area contributed by atoms with Crippen LogP contribution in [0.15, 0.2) is 30.3 Å². The van der Waals surface area contributed by atoms with Gasteiger partial charge in [-0.3, -0.25) is 0 Å². The maximum atomic E-state index is 4.95. The van der Waals surface area contributed by atoms with E-state index in [4.69, 9.17) is 10.1 Å². The highest BCUT2D eigenvalue weighted by atomic mass is 15.4. The summed E-state index contributed by atoms with van der Waals surface area (Å²) in [5.74, 6) is 1.18. The number of aromatic nitrogens is 3. The molecule has 0 unspecified atom stereocenters. The summed E-state index contributed by atoms with van der Waals surface area (Å²) in [4.78, 5) is 7.23. The molecule has 0 spiro atoms. The van der Waals surface area contributed by atoms with E-state index in [2.05, 4.69) is 56.0 Å². The molecule has 1 aliphatic rings. The average Bonchev–Trinajstić information content (AvgIpc) is 2.92. The molecular formula is C20H24N4. The molecule has 0 radical (unpaired) electrons. The van der Waals surface area contributed by atoms with Crippen LogP contribution in [-0.4, -0.2) is 27.7 Å². The van der Waals surface area contributed by atoms with Crippen molar-refractivity contribution in [2.75, 3.05) is 18.0 Å². The molecule has 0 aliphatic carbocycles. The third-order valence-electron chi connectivity index (χ3n) is 4.90. The van der Waals surface area contributed by atoms with E-state index in [1.165, 1.54) is 36.2 Å². The van der Waals surface area contributed by atoms with E-state index in [1.807, 2.05) is 4.52 Å². The summed E-state index contributed by atoms with van der Waals surface area (Å²) in [6.45, 7) is 8.54. The third kappa shape index (κ3) is 2.56. The van der Waals surface area contributed by atoms with Gasteiger partial charge in [-0.2, -0.15) is 9.61 Å². The van der Waals surface area contributed by atoms with Crippen LogP contribution in [0.5, 0.6) is 0 Å². The highest BCUT2D eigenvalue weighted by molar-refractivity contribution is 5.72. The second kappa shape index (κ2) is 5.93. The quantitative estimate of drug-likeness (QED) is 0.705. The summed E-state index contributed by atoms with van der Waals surface area (Å²) >= 11 is 0. The summed E-state index contributed by atoms with van der Waals surface area (Å²) in [6.07, 6.45) is 3.85. The molecule has 1 aliphatic heterocycles. The van der Waals surface area contributed by atoms with Crippen LogP contribution in [0.2, 0.25) is 0 Å². The molecule has 2 aromatic heterocycles. The first kappa shape index (κ1) is 15.2. The van der Waals surface area contributed by atoms with E-state index in [-0.39, 0.29) is 0 Å². The molecule has 0 saturated carbocycles. The van der Waals surface area contributed by atoms with Crippen LogP contribution in [-0.2, 0) is 0 Å². The van der Waals surface area contributed by atoms with Gasteiger partial charge in [-0.15, -0.1) is 0 Å². The molecule has 0 N–H and O–H groups in total. The molecule has 0 amide bonds. The smallest absolute Gasteiger partial charge is 0.161 e. The Kier molecular flexibility index (Phi) is 3.75. The van der Waals surface area contributed by atoms with Gasteiger partial charge in [0.1, 0.15) is 5.82 Å². The maximum Gasteiger partial charge on any atom is 0.161 e. The molecule has 124 valence electrons. The second-order valence-corrected chi connectivity index (χ2v) is 6.88. The van der Waals surface area contributed by atoms with Crippen molar-refractivity contribution in [1.29, 1.82) is 0 Å². The molecule has 1 fully saturated rings. The summed E-state index contributed by atoms with van der Waals surface area (Å²) in [7, 11) is 0. The van der Waals surface area contributed by atoms with E-state index in [0.717, 1.165) is 35.7 Å². The molecule has 3 aromatic rings. The van der Waals surface area contributed by atoms with Gasteiger partial charge >= 0.3 is 0 Å². The molecular weight excluding hydrogens is 296 g/mol. The fourth-order valence-electron chi connectivity index (χ4n) is 3.64. The highest BCUT2D eigenvalue weighted by Gasteiger charge is 2.19. The number of piperidine rings is 1. The monoisotopic (exact) mass is 320 g/mol. The first-order chi connectivity index (χ1) is 11.6. The number of anilines is 1. The van der Waals surface area contributed by atoms with Gasteiger partial charge in [-0.25, -0.2) is 4.98 Å².